The molecule has 2 aliphatic rings. The van der Waals surface area contributed by atoms with E-state index in [2.05, 4.69) is 36.1 Å². The van der Waals surface area contributed by atoms with Crippen molar-refractivity contribution in [1.29, 1.82) is 0 Å². The van der Waals surface area contributed by atoms with Crippen LogP contribution in [0, 0.1) is 0 Å². The minimum atomic E-state index is -0.0200. The van der Waals surface area contributed by atoms with Crippen LogP contribution in [0.15, 0.2) is 0 Å². The third-order valence-corrected chi connectivity index (χ3v) is 5.11. The fourth-order valence-electron chi connectivity index (χ4n) is 3.90. The average molecular weight is 269 g/mol. The Hall–Kier alpha value is -0.160. The van der Waals surface area contributed by atoms with Gasteiger partial charge < -0.3 is 15.3 Å². The number of hydrogen-bond donors (Lipinski definition) is 2. The van der Waals surface area contributed by atoms with Gasteiger partial charge in [0.25, 0.3) is 0 Å². The lowest BCUT2D eigenvalue weighted by atomic mass is 9.79. The number of aliphatic hydroxyl groups is 1. The molecule has 3 unspecified atom stereocenters. The molecule has 2 rings (SSSR count). The molecule has 0 bridgehead atoms. The number of likely N-dealkylation sites (tertiary alicyclic amines) is 1. The average Bonchev–Trinajstić information content (AvgIpc) is 2.89. The zero-order chi connectivity index (χ0) is 13.9. The molecule has 4 heteroatoms. The number of rotatable bonds is 5. The molecule has 1 heterocycles. The highest BCUT2D eigenvalue weighted by molar-refractivity contribution is 4.98. The summed E-state index contributed by atoms with van der Waals surface area (Å²) in [5.41, 5.74) is -0.0200. The topological polar surface area (TPSA) is 38.7 Å². The molecule has 4 nitrogen and oxygen atoms in total. The lowest BCUT2D eigenvalue weighted by Gasteiger charge is -2.43. The minimum Gasteiger partial charge on any atom is -0.394 e. The van der Waals surface area contributed by atoms with Gasteiger partial charge in [0, 0.05) is 30.7 Å². The second-order valence-electron chi connectivity index (χ2n) is 6.62. The van der Waals surface area contributed by atoms with Crippen LogP contribution in [0.1, 0.15) is 39.0 Å². The molecule has 1 saturated carbocycles. The van der Waals surface area contributed by atoms with Crippen LogP contribution in [0.3, 0.4) is 0 Å². The Morgan fingerprint density at radius 3 is 2.74 bits per heavy atom. The lowest BCUT2D eigenvalue weighted by Crippen LogP contribution is -2.55. The van der Waals surface area contributed by atoms with Gasteiger partial charge in [0.1, 0.15) is 0 Å². The smallest absolute Gasteiger partial charge is 0.0613 e. The van der Waals surface area contributed by atoms with Crippen LogP contribution in [0.2, 0.25) is 0 Å². The van der Waals surface area contributed by atoms with Gasteiger partial charge in [0.2, 0.25) is 0 Å². The van der Waals surface area contributed by atoms with Gasteiger partial charge in [-0.15, -0.1) is 0 Å². The summed E-state index contributed by atoms with van der Waals surface area (Å²) in [6.45, 7) is 5.79. The van der Waals surface area contributed by atoms with E-state index in [0.29, 0.717) is 12.1 Å². The quantitative estimate of drug-likeness (QED) is 0.778. The summed E-state index contributed by atoms with van der Waals surface area (Å²) in [6.07, 6.45) is 6.06. The van der Waals surface area contributed by atoms with Crippen molar-refractivity contribution in [3.05, 3.63) is 0 Å². The molecule has 1 saturated heterocycles. The molecule has 0 radical (unpaired) electrons. The van der Waals surface area contributed by atoms with E-state index < -0.39 is 0 Å². The molecule has 1 aliphatic carbocycles. The number of nitrogens with one attached hydrogen (secondary N) is 1. The Balaban J connectivity index is 1.94. The van der Waals surface area contributed by atoms with Crippen LogP contribution < -0.4 is 5.32 Å². The fourth-order valence-corrected chi connectivity index (χ4v) is 3.90. The maximum atomic E-state index is 9.78. The Bertz CT molecular complexity index is 281. The Morgan fingerprint density at radius 2 is 2.16 bits per heavy atom. The van der Waals surface area contributed by atoms with E-state index in [-0.39, 0.29) is 12.1 Å². The SMILES string of the molecule is CCNC1(CO)CCCC(N2CCC(N(C)C)C2)C1. The van der Waals surface area contributed by atoms with Gasteiger partial charge >= 0.3 is 0 Å². The Morgan fingerprint density at radius 1 is 1.37 bits per heavy atom. The Labute approximate surface area is 118 Å². The third-order valence-electron chi connectivity index (χ3n) is 5.11. The summed E-state index contributed by atoms with van der Waals surface area (Å²) in [7, 11) is 4.37. The van der Waals surface area contributed by atoms with Crippen molar-refractivity contribution in [3.8, 4) is 0 Å². The molecule has 0 spiro atoms. The van der Waals surface area contributed by atoms with Gasteiger partial charge in [-0.05, 0) is 52.7 Å². The van der Waals surface area contributed by atoms with Crippen LogP contribution in [0.4, 0.5) is 0 Å². The summed E-state index contributed by atoms with van der Waals surface area (Å²) in [5.74, 6) is 0. The molecule has 2 N–H and O–H groups in total. The third kappa shape index (κ3) is 3.48. The van der Waals surface area contributed by atoms with Crippen molar-refractivity contribution in [2.24, 2.45) is 0 Å². The van der Waals surface area contributed by atoms with Crippen molar-refractivity contribution in [2.75, 3.05) is 40.3 Å². The van der Waals surface area contributed by atoms with Crippen LogP contribution in [0.5, 0.6) is 0 Å². The summed E-state index contributed by atoms with van der Waals surface area (Å²) in [6, 6.07) is 1.37. The molecule has 0 aromatic heterocycles. The summed E-state index contributed by atoms with van der Waals surface area (Å²) >= 11 is 0. The van der Waals surface area contributed by atoms with Crippen LogP contribution in [0.25, 0.3) is 0 Å². The van der Waals surface area contributed by atoms with Gasteiger partial charge in [0.15, 0.2) is 0 Å². The van der Waals surface area contributed by atoms with E-state index in [4.69, 9.17) is 0 Å². The zero-order valence-corrected chi connectivity index (χ0v) is 12.9. The molecule has 0 aromatic rings. The molecule has 3 atom stereocenters. The van der Waals surface area contributed by atoms with Gasteiger partial charge in [-0.2, -0.15) is 0 Å². The molecular weight excluding hydrogens is 238 g/mol. The lowest BCUT2D eigenvalue weighted by molar-refractivity contribution is 0.0675. The summed E-state index contributed by atoms with van der Waals surface area (Å²) in [4.78, 5) is 5.01. The van der Waals surface area contributed by atoms with E-state index in [0.717, 1.165) is 19.4 Å². The highest BCUT2D eigenvalue weighted by atomic mass is 16.3. The maximum Gasteiger partial charge on any atom is 0.0613 e. The largest absolute Gasteiger partial charge is 0.394 e. The highest BCUT2D eigenvalue weighted by Gasteiger charge is 2.39. The molecule has 2 fully saturated rings. The van der Waals surface area contributed by atoms with Crippen molar-refractivity contribution >= 4 is 0 Å². The van der Waals surface area contributed by atoms with Gasteiger partial charge in [-0.25, -0.2) is 0 Å². The first kappa shape index (κ1) is 15.2. The molecule has 0 amide bonds. The second kappa shape index (κ2) is 6.53. The minimum absolute atomic E-state index is 0.0200. The van der Waals surface area contributed by atoms with Gasteiger partial charge in [0.05, 0.1) is 6.61 Å². The molecular formula is C15H31N3O. The van der Waals surface area contributed by atoms with E-state index >= 15 is 0 Å². The van der Waals surface area contributed by atoms with Crippen LogP contribution in [-0.2, 0) is 0 Å². The number of nitrogens with zero attached hydrogens (tertiary/aromatic N) is 2. The second-order valence-corrected chi connectivity index (χ2v) is 6.62. The van der Waals surface area contributed by atoms with Crippen molar-refractivity contribution in [2.45, 2.75) is 56.7 Å². The summed E-state index contributed by atoms with van der Waals surface area (Å²) in [5, 5.41) is 13.3. The van der Waals surface area contributed by atoms with Crippen LogP contribution >= 0.6 is 0 Å². The van der Waals surface area contributed by atoms with Gasteiger partial charge in [-0.3, -0.25) is 4.90 Å². The highest BCUT2D eigenvalue weighted by Crippen LogP contribution is 2.33. The zero-order valence-electron chi connectivity index (χ0n) is 12.9. The predicted molar refractivity (Wildman–Crippen MR) is 79.4 cm³/mol. The normalized spacial score (nSPS) is 37.1. The fraction of sp³-hybridized carbons (Fsp3) is 1.00. The van der Waals surface area contributed by atoms with E-state index in [9.17, 15) is 5.11 Å². The predicted octanol–water partition coefficient (Wildman–Crippen LogP) is 0.906. The molecule has 112 valence electrons. The first-order chi connectivity index (χ1) is 9.10. The molecule has 1 aliphatic heterocycles. The van der Waals surface area contributed by atoms with E-state index in [1.165, 1.54) is 32.4 Å². The Kier molecular flexibility index (Phi) is 5.23. The van der Waals surface area contributed by atoms with Crippen molar-refractivity contribution < 1.29 is 5.11 Å². The van der Waals surface area contributed by atoms with Gasteiger partial charge in [-0.1, -0.05) is 6.92 Å². The monoisotopic (exact) mass is 269 g/mol. The number of aliphatic hydroxyl groups excluding tert-OH is 1. The number of hydrogen-bond acceptors (Lipinski definition) is 4. The molecule has 0 aromatic carbocycles. The first-order valence-corrected chi connectivity index (χ1v) is 7.86. The number of likely N-dealkylation sites (N-methyl/N-ethyl adjacent to an activating group) is 2. The molecule has 19 heavy (non-hydrogen) atoms. The van der Waals surface area contributed by atoms with E-state index in [1.54, 1.807) is 0 Å². The maximum absolute atomic E-state index is 9.78. The first-order valence-electron chi connectivity index (χ1n) is 7.86. The van der Waals surface area contributed by atoms with Crippen LogP contribution in [-0.4, -0.2) is 72.9 Å². The standard InChI is InChI=1S/C15H31N3O/c1-4-16-15(12-19)8-5-6-13(10-15)18-9-7-14(11-18)17(2)3/h13-14,16,19H,4-12H2,1-3H3. The van der Waals surface area contributed by atoms with Crippen molar-refractivity contribution in [1.82, 2.24) is 15.1 Å². The summed E-state index contributed by atoms with van der Waals surface area (Å²) < 4.78 is 0. The van der Waals surface area contributed by atoms with E-state index in [1.807, 2.05) is 0 Å². The van der Waals surface area contributed by atoms with Crippen molar-refractivity contribution in [3.63, 3.8) is 0 Å².